The Morgan fingerprint density at radius 2 is 1.93 bits per heavy atom. The van der Waals surface area contributed by atoms with Crippen LogP contribution in [0.5, 0.6) is 0 Å². The van der Waals surface area contributed by atoms with Crippen molar-refractivity contribution in [1.29, 1.82) is 0 Å². The molecule has 0 radical (unpaired) electrons. The third kappa shape index (κ3) is 7.19. The summed E-state index contributed by atoms with van der Waals surface area (Å²) in [6, 6.07) is 0. The standard InChI is InChI=1S/C11H23NO.ClH/c1-5-6-7-10(8-9(2)3)11(13)12-4;/h9-10H,5-8H2,1-4H3,(H,12,13);1H. The first-order chi connectivity index (χ1) is 6.11. The van der Waals surface area contributed by atoms with Crippen LogP contribution in [0.25, 0.3) is 0 Å². The van der Waals surface area contributed by atoms with Gasteiger partial charge in [-0.05, 0) is 18.8 Å². The van der Waals surface area contributed by atoms with Crippen molar-refractivity contribution in [3.05, 3.63) is 0 Å². The first-order valence-corrected chi connectivity index (χ1v) is 5.33. The maximum absolute atomic E-state index is 11.4. The lowest BCUT2D eigenvalue weighted by Gasteiger charge is -2.16. The molecule has 0 rings (SSSR count). The van der Waals surface area contributed by atoms with Crippen molar-refractivity contribution in [3.63, 3.8) is 0 Å². The Hall–Kier alpha value is -0.240. The summed E-state index contributed by atoms with van der Waals surface area (Å²) in [4.78, 5) is 11.4. The van der Waals surface area contributed by atoms with Crippen molar-refractivity contribution in [2.24, 2.45) is 11.8 Å². The van der Waals surface area contributed by atoms with Gasteiger partial charge in [-0.3, -0.25) is 4.79 Å². The topological polar surface area (TPSA) is 29.1 Å². The van der Waals surface area contributed by atoms with Gasteiger partial charge in [-0.2, -0.15) is 0 Å². The molecule has 3 heteroatoms. The molecule has 86 valence electrons. The molecule has 14 heavy (non-hydrogen) atoms. The number of halogens is 1. The van der Waals surface area contributed by atoms with E-state index >= 15 is 0 Å². The molecular formula is C11H24ClNO. The zero-order valence-corrected chi connectivity index (χ0v) is 10.6. The van der Waals surface area contributed by atoms with Crippen LogP contribution in [0.2, 0.25) is 0 Å². The third-order valence-electron chi connectivity index (χ3n) is 2.28. The van der Waals surface area contributed by atoms with Crippen molar-refractivity contribution >= 4 is 18.3 Å². The molecule has 0 aromatic rings. The van der Waals surface area contributed by atoms with E-state index in [1.165, 1.54) is 6.42 Å². The highest BCUT2D eigenvalue weighted by molar-refractivity contribution is 5.85. The number of rotatable bonds is 6. The van der Waals surface area contributed by atoms with Crippen LogP contribution in [-0.2, 0) is 4.79 Å². The molecule has 1 N–H and O–H groups in total. The van der Waals surface area contributed by atoms with Crippen LogP contribution in [0.4, 0.5) is 0 Å². The summed E-state index contributed by atoms with van der Waals surface area (Å²) in [6.07, 6.45) is 4.38. The van der Waals surface area contributed by atoms with E-state index < -0.39 is 0 Å². The summed E-state index contributed by atoms with van der Waals surface area (Å²) in [6.45, 7) is 6.50. The highest BCUT2D eigenvalue weighted by Crippen LogP contribution is 2.18. The van der Waals surface area contributed by atoms with Gasteiger partial charge in [0.1, 0.15) is 0 Å². The van der Waals surface area contributed by atoms with Crippen molar-refractivity contribution < 1.29 is 4.79 Å². The van der Waals surface area contributed by atoms with Gasteiger partial charge in [-0.1, -0.05) is 33.6 Å². The number of amides is 1. The fourth-order valence-electron chi connectivity index (χ4n) is 1.58. The van der Waals surface area contributed by atoms with Gasteiger partial charge in [0, 0.05) is 13.0 Å². The van der Waals surface area contributed by atoms with Gasteiger partial charge in [0.05, 0.1) is 0 Å². The van der Waals surface area contributed by atoms with Gasteiger partial charge in [0.2, 0.25) is 5.91 Å². The van der Waals surface area contributed by atoms with Crippen LogP contribution in [0.15, 0.2) is 0 Å². The van der Waals surface area contributed by atoms with Crippen molar-refractivity contribution in [2.75, 3.05) is 7.05 Å². The van der Waals surface area contributed by atoms with E-state index in [4.69, 9.17) is 0 Å². The predicted molar refractivity (Wildman–Crippen MR) is 63.8 cm³/mol. The fraction of sp³-hybridized carbons (Fsp3) is 0.909. The number of hydrogen-bond donors (Lipinski definition) is 1. The average molecular weight is 222 g/mol. The molecule has 1 unspecified atom stereocenters. The lowest BCUT2D eigenvalue weighted by molar-refractivity contribution is -0.125. The molecule has 0 aromatic heterocycles. The molecule has 0 saturated heterocycles. The first kappa shape index (κ1) is 16.2. The fourth-order valence-corrected chi connectivity index (χ4v) is 1.58. The van der Waals surface area contributed by atoms with Gasteiger partial charge in [-0.15, -0.1) is 12.4 Å². The summed E-state index contributed by atoms with van der Waals surface area (Å²) in [5.41, 5.74) is 0. The number of hydrogen-bond acceptors (Lipinski definition) is 1. The van der Waals surface area contributed by atoms with Crippen molar-refractivity contribution in [1.82, 2.24) is 5.32 Å². The molecule has 0 aliphatic heterocycles. The minimum atomic E-state index is 0. The molecule has 0 saturated carbocycles. The van der Waals surface area contributed by atoms with Crippen LogP contribution in [-0.4, -0.2) is 13.0 Å². The Balaban J connectivity index is 0. The monoisotopic (exact) mass is 221 g/mol. The molecule has 0 spiro atoms. The second-order valence-corrected chi connectivity index (χ2v) is 4.08. The minimum Gasteiger partial charge on any atom is -0.359 e. The maximum Gasteiger partial charge on any atom is 0.222 e. The Bertz CT molecular complexity index is 148. The molecule has 1 atom stereocenters. The molecule has 0 fully saturated rings. The molecule has 1 amide bonds. The van der Waals surface area contributed by atoms with Gasteiger partial charge < -0.3 is 5.32 Å². The van der Waals surface area contributed by atoms with Crippen molar-refractivity contribution in [3.8, 4) is 0 Å². The Labute approximate surface area is 94.3 Å². The number of carbonyl (C=O) groups excluding carboxylic acids is 1. The average Bonchev–Trinajstić information content (AvgIpc) is 2.10. The van der Waals surface area contributed by atoms with Crippen LogP contribution in [0.1, 0.15) is 46.5 Å². The Morgan fingerprint density at radius 1 is 1.36 bits per heavy atom. The lowest BCUT2D eigenvalue weighted by Crippen LogP contribution is -2.28. The Morgan fingerprint density at radius 3 is 2.29 bits per heavy atom. The molecule has 0 aliphatic rings. The number of carbonyl (C=O) groups is 1. The smallest absolute Gasteiger partial charge is 0.222 e. The second-order valence-electron chi connectivity index (χ2n) is 4.08. The summed E-state index contributed by atoms with van der Waals surface area (Å²) in [5, 5.41) is 2.74. The van der Waals surface area contributed by atoms with Crippen LogP contribution in [0.3, 0.4) is 0 Å². The second kappa shape index (κ2) is 9.32. The van der Waals surface area contributed by atoms with E-state index in [0.717, 1.165) is 19.3 Å². The van der Waals surface area contributed by atoms with Gasteiger partial charge >= 0.3 is 0 Å². The van der Waals surface area contributed by atoms with E-state index in [9.17, 15) is 4.79 Å². The minimum absolute atomic E-state index is 0. The van der Waals surface area contributed by atoms with E-state index in [2.05, 4.69) is 26.1 Å². The first-order valence-electron chi connectivity index (χ1n) is 5.33. The SMILES string of the molecule is CCCCC(CC(C)C)C(=O)NC.Cl. The summed E-state index contributed by atoms with van der Waals surface area (Å²) in [5.74, 6) is 1.05. The lowest BCUT2D eigenvalue weighted by atomic mass is 9.92. The highest BCUT2D eigenvalue weighted by Gasteiger charge is 2.17. The van der Waals surface area contributed by atoms with Crippen LogP contribution < -0.4 is 5.32 Å². The molecule has 0 bridgehead atoms. The summed E-state index contributed by atoms with van der Waals surface area (Å²) >= 11 is 0. The normalized spacial score (nSPS) is 12.1. The van der Waals surface area contributed by atoms with E-state index in [1.54, 1.807) is 7.05 Å². The molecular weight excluding hydrogens is 198 g/mol. The molecule has 0 aliphatic carbocycles. The largest absolute Gasteiger partial charge is 0.359 e. The van der Waals surface area contributed by atoms with Crippen molar-refractivity contribution in [2.45, 2.75) is 46.5 Å². The summed E-state index contributed by atoms with van der Waals surface area (Å²) in [7, 11) is 1.72. The van der Waals surface area contributed by atoms with E-state index in [0.29, 0.717) is 5.92 Å². The Kier molecular flexibility index (Phi) is 10.8. The van der Waals surface area contributed by atoms with E-state index in [-0.39, 0.29) is 24.2 Å². The van der Waals surface area contributed by atoms with E-state index in [1.807, 2.05) is 0 Å². The van der Waals surface area contributed by atoms with Crippen LogP contribution >= 0.6 is 12.4 Å². The zero-order chi connectivity index (χ0) is 10.3. The summed E-state index contributed by atoms with van der Waals surface area (Å²) < 4.78 is 0. The number of unbranched alkanes of at least 4 members (excludes halogenated alkanes) is 1. The van der Waals surface area contributed by atoms with Crippen LogP contribution in [0, 0.1) is 11.8 Å². The molecule has 2 nitrogen and oxygen atoms in total. The van der Waals surface area contributed by atoms with Gasteiger partial charge in [0.25, 0.3) is 0 Å². The quantitative estimate of drug-likeness (QED) is 0.734. The molecule has 0 heterocycles. The zero-order valence-electron chi connectivity index (χ0n) is 9.80. The predicted octanol–water partition coefficient (Wildman–Crippen LogP) is 3.01. The van der Waals surface area contributed by atoms with Gasteiger partial charge in [-0.25, -0.2) is 0 Å². The maximum atomic E-state index is 11.4. The number of nitrogens with one attached hydrogen (secondary N) is 1. The van der Waals surface area contributed by atoms with Gasteiger partial charge in [0.15, 0.2) is 0 Å². The molecule has 0 aromatic carbocycles. The highest BCUT2D eigenvalue weighted by atomic mass is 35.5. The third-order valence-corrected chi connectivity index (χ3v) is 2.28.